The number of nitrogens with zero attached hydrogens (tertiary/aromatic N) is 2. The molecule has 0 aromatic rings. The summed E-state index contributed by atoms with van der Waals surface area (Å²) < 4.78 is 0. The summed E-state index contributed by atoms with van der Waals surface area (Å²) in [5.41, 5.74) is -0.257. The van der Waals surface area contributed by atoms with Gasteiger partial charge in [0.05, 0.1) is 0 Å². The molecule has 0 aromatic carbocycles. The van der Waals surface area contributed by atoms with E-state index in [9.17, 15) is 0 Å². The Hall–Kier alpha value is -1.02. The molecule has 0 spiro atoms. The van der Waals surface area contributed by atoms with Gasteiger partial charge in [-0.25, -0.2) is 22.8 Å². The van der Waals surface area contributed by atoms with Crippen molar-refractivity contribution in [1.29, 1.82) is 0 Å². The zero-order valence-electron chi connectivity index (χ0n) is 14.6. The summed E-state index contributed by atoms with van der Waals surface area (Å²) in [6, 6.07) is 0. The number of hydrogen-bond donors (Lipinski definition) is 0. The zero-order chi connectivity index (χ0) is 16.2. The second-order valence-corrected chi connectivity index (χ2v) is 10.8. The van der Waals surface area contributed by atoms with E-state index in [0.717, 1.165) is 29.6 Å². The molecule has 24 heavy (non-hydrogen) atoms. The van der Waals surface area contributed by atoms with Crippen LogP contribution in [0.15, 0.2) is 0 Å². The quantitative estimate of drug-likeness (QED) is 0.559. The van der Waals surface area contributed by atoms with Gasteiger partial charge in [0, 0.05) is 0 Å². The van der Waals surface area contributed by atoms with Crippen molar-refractivity contribution in [2.45, 2.75) is 76.3 Å². The molecule has 0 aliphatic heterocycles. The lowest BCUT2D eigenvalue weighted by Crippen LogP contribution is -2.70. The molecule has 0 heterocycles. The van der Waals surface area contributed by atoms with E-state index in [0.29, 0.717) is 11.3 Å². The van der Waals surface area contributed by atoms with Crippen molar-refractivity contribution in [2.24, 2.45) is 46.3 Å². The fourth-order valence-corrected chi connectivity index (χ4v) is 9.93. The van der Waals surface area contributed by atoms with Gasteiger partial charge in [0.15, 0.2) is 0 Å². The van der Waals surface area contributed by atoms with Gasteiger partial charge in [-0.05, 0) is 106 Å². The van der Waals surface area contributed by atoms with Gasteiger partial charge in [-0.1, -0.05) is 0 Å². The van der Waals surface area contributed by atoms with Crippen LogP contribution in [-0.4, -0.2) is 5.66 Å². The maximum absolute atomic E-state index is 8.17. The standard InChI is InChI=1S/C22H28N2/c1-23-22(24-2)19-7-17-6-18(8-19)13-21(22,12-17)20-9-14-3-15(10-20)5-16(4-14)11-20/h14-19H,3-13H2. The minimum atomic E-state index is -0.688. The highest BCUT2D eigenvalue weighted by Crippen LogP contribution is 2.78. The van der Waals surface area contributed by atoms with Crippen LogP contribution in [0.25, 0.3) is 9.69 Å². The average molecular weight is 320 g/mol. The Kier molecular flexibility index (Phi) is 2.48. The van der Waals surface area contributed by atoms with Crippen molar-refractivity contribution >= 4 is 0 Å². The molecule has 2 unspecified atom stereocenters. The Bertz CT molecular complexity index is 614. The first-order valence-electron chi connectivity index (χ1n) is 10.4. The molecule has 0 amide bonds. The molecule has 2 atom stereocenters. The summed E-state index contributed by atoms with van der Waals surface area (Å²) in [5.74, 6) is 4.86. The zero-order valence-corrected chi connectivity index (χ0v) is 14.6. The summed E-state index contributed by atoms with van der Waals surface area (Å²) in [6.45, 7) is 16.3. The lowest BCUT2D eigenvalue weighted by atomic mass is 9.32. The first-order chi connectivity index (χ1) is 11.6. The van der Waals surface area contributed by atoms with Gasteiger partial charge >= 0.3 is 5.66 Å². The molecule has 126 valence electrons. The number of rotatable bonds is 1. The predicted molar refractivity (Wildman–Crippen MR) is 92.5 cm³/mol. The molecular weight excluding hydrogens is 292 g/mol. The van der Waals surface area contributed by atoms with E-state index in [1.807, 2.05) is 0 Å². The fourth-order valence-electron chi connectivity index (χ4n) is 9.93. The highest BCUT2D eigenvalue weighted by atomic mass is 15.1. The van der Waals surface area contributed by atoms with Crippen molar-refractivity contribution in [1.82, 2.24) is 0 Å². The van der Waals surface area contributed by atoms with Gasteiger partial charge in [0.25, 0.3) is 0 Å². The highest BCUT2D eigenvalue weighted by molar-refractivity contribution is 5.31. The van der Waals surface area contributed by atoms with Crippen LogP contribution in [0.3, 0.4) is 0 Å². The smallest absolute Gasteiger partial charge is 0.230 e. The molecule has 8 bridgehead atoms. The SMILES string of the molecule is [C-]#[N+]C1([N+]#[C-])C2CC3CC(C2)CC1(C12CC4CC(CC(C4)C1)C2)C3. The van der Waals surface area contributed by atoms with Crippen LogP contribution >= 0.6 is 0 Å². The topological polar surface area (TPSA) is 8.72 Å². The first-order valence-corrected chi connectivity index (χ1v) is 10.4. The summed E-state index contributed by atoms with van der Waals surface area (Å²) in [5, 5.41) is 0. The molecule has 2 heteroatoms. The van der Waals surface area contributed by atoms with Crippen LogP contribution in [0.5, 0.6) is 0 Å². The lowest BCUT2D eigenvalue weighted by molar-refractivity contribution is -0.220. The molecule has 8 aliphatic carbocycles. The maximum atomic E-state index is 8.17. The molecule has 8 fully saturated rings. The summed E-state index contributed by atoms with van der Waals surface area (Å²) >= 11 is 0. The van der Waals surface area contributed by atoms with Crippen LogP contribution in [0.4, 0.5) is 0 Å². The highest BCUT2D eigenvalue weighted by Gasteiger charge is 2.83. The minimum Gasteiger partial charge on any atom is -0.230 e. The van der Waals surface area contributed by atoms with E-state index in [1.54, 1.807) is 0 Å². The van der Waals surface area contributed by atoms with Crippen molar-refractivity contribution in [2.75, 3.05) is 0 Å². The van der Waals surface area contributed by atoms with Gasteiger partial charge in [0.1, 0.15) is 11.3 Å². The van der Waals surface area contributed by atoms with Crippen LogP contribution in [0, 0.1) is 59.5 Å². The fraction of sp³-hybridized carbons (Fsp3) is 0.909. The third-order valence-corrected chi connectivity index (χ3v) is 9.84. The van der Waals surface area contributed by atoms with Crippen molar-refractivity contribution < 1.29 is 0 Å². The van der Waals surface area contributed by atoms with Gasteiger partial charge < -0.3 is 0 Å². The summed E-state index contributed by atoms with van der Waals surface area (Å²) in [6.07, 6.45) is 14.8. The molecule has 0 radical (unpaired) electrons. The Morgan fingerprint density at radius 2 is 1.00 bits per heavy atom. The van der Waals surface area contributed by atoms with Gasteiger partial charge in [-0.3, -0.25) is 0 Å². The molecule has 0 saturated heterocycles. The molecule has 8 aliphatic rings. The summed E-state index contributed by atoms with van der Waals surface area (Å²) in [4.78, 5) is 8.52. The Morgan fingerprint density at radius 1 is 0.583 bits per heavy atom. The van der Waals surface area contributed by atoms with Crippen molar-refractivity contribution in [3.8, 4) is 0 Å². The van der Waals surface area contributed by atoms with Crippen molar-refractivity contribution in [3.05, 3.63) is 22.8 Å². The largest absolute Gasteiger partial charge is 0.491 e. The molecule has 0 aromatic heterocycles. The van der Waals surface area contributed by atoms with Gasteiger partial charge in [-0.2, -0.15) is 0 Å². The predicted octanol–water partition coefficient (Wildman–Crippen LogP) is 5.56. The first kappa shape index (κ1) is 14.2. The van der Waals surface area contributed by atoms with E-state index in [2.05, 4.69) is 9.69 Å². The monoisotopic (exact) mass is 320 g/mol. The normalized spacial score (nSPS) is 58.4. The minimum absolute atomic E-state index is 0.0638. The molecule has 2 nitrogen and oxygen atoms in total. The van der Waals surface area contributed by atoms with Crippen LogP contribution in [0.2, 0.25) is 0 Å². The lowest BCUT2D eigenvalue weighted by Gasteiger charge is -2.68. The number of hydrogen-bond acceptors (Lipinski definition) is 0. The molecule has 0 N–H and O–H groups in total. The second kappa shape index (κ2) is 4.20. The Morgan fingerprint density at radius 3 is 1.42 bits per heavy atom. The van der Waals surface area contributed by atoms with Crippen molar-refractivity contribution in [3.63, 3.8) is 0 Å². The average Bonchev–Trinajstić information content (AvgIpc) is 2.54. The van der Waals surface area contributed by atoms with E-state index < -0.39 is 5.66 Å². The van der Waals surface area contributed by atoms with E-state index in [1.165, 1.54) is 70.6 Å². The third kappa shape index (κ3) is 1.38. The van der Waals surface area contributed by atoms with E-state index in [-0.39, 0.29) is 5.41 Å². The Labute approximate surface area is 146 Å². The molecule has 8 saturated carbocycles. The van der Waals surface area contributed by atoms with E-state index >= 15 is 0 Å². The molecule has 8 rings (SSSR count). The third-order valence-electron chi connectivity index (χ3n) is 9.84. The van der Waals surface area contributed by atoms with Crippen LogP contribution < -0.4 is 0 Å². The van der Waals surface area contributed by atoms with Crippen LogP contribution in [-0.2, 0) is 0 Å². The molecular formula is C22H28N2. The second-order valence-electron chi connectivity index (χ2n) is 10.8. The Balaban J connectivity index is 1.55. The maximum Gasteiger partial charge on any atom is 0.491 e. The van der Waals surface area contributed by atoms with Crippen LogP contribution in [0.1, 0.15) is 70.6 Å². The summed E-state index contributed by atoms with van der Waals surface area (Å²) in [7, 11) is 0. The van der Waals surface area contributed by atoms with Gasteiger partial charge in [-0.15, -0.1) is 0 Å². The van der Waals surface area contributed by atoms with E-state index in [4.69, 9.17) is 13.1 Å². The van der Waals surface area contributed by atoms with Gasteiger partial charge in [0.2, 0.25) is 0 Å².